The molecule has 3 aromatic rings. The van der Waals surface area contributed by atoms with Crippen LogP contribution in [0, 0.1) is 12.8 Å². The topological polar surface area (TPSA) is 34.0 Å². The van der Waals surface area contributed by atoms with Gasteiger partial charge in [-0.3, -0.25) is 0 Å². The molecule has 0 unspecified atom stereocenters. The molecule has 2 atom stereocenters. The van der Waals surface area contributed by atoms with Crippen LogP contribution in [0.3, 0.4) is 0 Å². The van der Waals surface area contributed by atoms with Crippen molar-refractivity contribution in [3.63, 3.8) is 0 Å². The van der Waals surface area contributed by atoms with E-state index < -0.39 is 0 Å². The molecule has 1 aliphatic rings. The first kappa shape index (κ1) is 16.8. The third-order valence-electron chi connectivity index (χ3n) is 5.07. The van der Waals surface area contributed by atoms with E-state index in [9.17, 15) is 0 Å². The highest BCUT2D eigenvalue weighted by molar-refractivity contribution is 7.08. The molecule has 25 heavy (non-hydrogen) atoms. The van der Waals surface area contributed by atoms with Crippen molar-refractivity contribution in [1.29, 1.82) is 0 Å². The van der Waals surface area contributed by atoms with E-state index >= 15 is 0 Å². The standard InChI is InChI=1S/C19H21ClN4S/c1-4-13-11-23(3)6-5-15(13)16-9-18-14(8-17(16)20)10-21-24(18)19-7-12(2)22-25-19/h4,7-10,13,15H,1,5-6,11H2,2-3H3/t13-,15+/m1/s1. The van der Waals surface area contributed by atoms with Gasteiger partial charge >= 0.3 is 0 Å². The largest absolute Gasteiger partial charge is 0.306 e. The second kappa shape index (κ2) is 6.56. The van der Waals surface area contributed by atoms with Crippen LogP contribution in [0.15, 0.2) is 37.1 Å². The molecule has 4 rings (SSSR count). The zero-order valence-corrected chi connectivity index (χ0v) is 16.0. The van der Waals surface area contributed by atoms with Gasteiger partial charge in [0.05, 0.1) is 17.4 Å². The average molecular weight is 373 g/mol. The fourth-order valence-corrected chi connectivity index (χ4v) is 4.80. The van der Waals surface area contributed by atoms with Crippen LogP contribution >= 0.6 is 23.1 Å². The number of hydrogen-bond donors (Lipinski definition) is 0. The molecular weight excluding hydrogens is 352 g/mol. The smallest absolute Gasteiger partial charge is 0.138 e. The molecule has 0 bridgehead atoms. The van der Waals surface area contributed by atoms with Crippen molar-refractivity contribution in [1.82, 2.24) is 19.1 Å². The fraction of sp³-hybridized carbons (Fsp3) is 0.368. The summed E-state index contributed by atoms with van der Waals surface area (Å²) < 4.78 is 6.35. The van der Waals surface area contributed by atoms with Crippen LogP contribution in [0.25, 0.3) is 15.9 Å². The third-order valence-corrected chi connectivity index (χ3v) is 6.26. The molecule has 1 saturated heterocycles. The predicted octanol–water partition coefficient (Wildman–Crippen LogP) is 4.67. The first-order valence-corrected chi connectivity index (χ1v) is 9.64. The highest BCUT2D eigenvalue weighted by Gasteiger charge is 2.29. The van der Waals surface area contributed by atoms with Gasteiger partial charge in [-0.15, -0.1) is 6.58 Å². The zero-order valence-electron chi connectivity index (χ0n) is 14.4. The summed E-state index contributed by atoms with van der Waals surface area (Å²) in [6.07, 6.45) is 5.04. The predicted molar refractivity (Wildman–Crippen MR) is 105 cm³/mol. The number of nitrogens with zero attached hydrogens (tertiary/aromatic N) is 4. The van der Waals surface area contributed by atoms with Crippen LogP contribution in [0.4, 0.5) is 0 Å². The van der Waals surface area contributed by atoms with Crippen molar-refractivity contribution in [3.8, 4) is 5.00 Å². The summed E-state index contributed by atoms with van der Waals surface area (Å²) in [5.74, 6) is 0.813. The minimum Gasteiger partial charge on any atom is -0.306 e. The van der Waals surface area contributed by atoms with Crippen LogP contribution in [0.5, 0.6) is 0 Å². The number of rotatable bonds is 3. The monoisotopic (exact) mass is 372 g/mol. The molecule has 1 aliphatic heterocycles. The Bertz CT molecular complexity index is 929. The first-order valence-electron chi connectivity index (χ1n) is 8.49. The van der Waals surface area contributed by atoms with Crippen LogP contribution < -0.4 is 0 Å². The zero-order chi connectivity index (χ0) is 17.6. The Hall–Kier alpha value is -1.69. The summed E-state index contributed by atoms with van der Waals surface area (Å²) in [4.78, 5) is 2.36. The van der Waals surface area contributed by atoms with Gasteiger partial charge < -0.3 is 4.90 Å². The molecule has 2 aromatic heterocycles. The lowest BCUT2D eigenvalue weighted by Gasteiger charge is -2.35. The number of halogens is 1. The van der Waals surface area contributed by atoms with Crippen LogP contribution in [-0.2, 0) is 0 Å². The van der Waals surface area contributed by atoms with E-state index in [-0.39, 0.29) is 0 Å². The molecule has 0 aliphatic carbocycles. The average Bonchev–Trinajstić information content (AvgIpc) is 3.19. The Kier molecular flexibility index (Phi) is 4.40. The van der Waals surface area contributed by atoms with Crippen molar-refractivity contribution < 1.29 is 0 Å². The van der Waals surface area contributed by atoms with Gasteiger partial charge in [0.15, 0.2) is 0 Å². The molecule has 4 nitrogen and oxygen atoms in total. The van der Waals surface area contributed by atoms with Gasteiger partial charge in [-0.1, -0.05) is 17.7 Å². The number of aromatic nitrogens is 3. The molecular formula is C19H21ClN4S. The van der Waals surface area contributed by atoms with Crippen molar-refractivity contribution in [2.45, 2.75) is 19.3 Å². The highest BCUT2D eigenvalue weighted by Crippen LogP contribution is 2.39. The van der Waals surface area contributed by atoms with Gasteiger partial charge in [0.2, 0.25) is 0 Å². The van der Waals surface area contributed by atoms with Crippen LogP contribution in [0.2, 0.25) is 5.02 Å². The summed E-state index contributed by atoms with van der Waals surface area (Å²) >= 11 is 8.13. The molecule has 1 aromatic carbocycles. The number of benzene rings is 1. The Morgan fingerprint density at radius 1 is 1.36 bits per heavy atom. The summed E-state index contributed by atoms with van der Waals surface area (Å²) in [6, 6.07) is 6.32. The van der Waals surface area contributed by atoms with Gasteiger partial charge in [0.1, 0.15) is 5.00 Å². The van der Waals surface area contributed by atoms with Gasteiger partial charge in [0.25, 0.3) is 0 Å². The summed E-state index contributed by atoms with van der Waals surface area (Å²) in [6.45, 7) is 8.16. The SMILES string of the molecule is C=C[C@@H]1CN(C)CC[C@@H]1c1cc2c(cnn2-c2cc(C)ns2)cc1Cl. The maximum Gasteiger partial charge on any atom is 0.138 e. The molecule has 6 heteroatoms. The van der Waals surface area contributed by atoms with Crippen LogP contribution in [-0.4, -0.2) is 39.2 Å². The van der Waals surface area contributed by atoms with Crippen molar-refractivity contribution in [3.05, 3.63) is 53.3 Å². The Morgan fingerprint density at radius 3 is 2.92 bits per heavy atom. The summed E-state index contributed by atoms with van der Waals surface area (Å²) in [7, 11) is 2.17. The van der Waals surface area contributed by atoms with E-state index in [1.807, 2.05) is 23.9 Å². The molecule has 0 N–H and O–H groups in total. The Labute approximate surface area is 156 Å². The van der Waals surface area contributed by atoms with E-state index in [1.54, 1.807) is 0 Å². The quantitative estimate of drug-likeness (QED) is 0.627. The molecule has 0 spiro atoms. The lowest BCUT2D eigenvalue weighted by molar-refractivity contribution is 0.212. The van der Waals surface area contributed by atoms with Gasteiger partial charge in [-0.25, -0.2) is 4.68 Å². The molecule has 3 heterocycles. The third kappa shape index (κ3) is 3.01. The summed E-state index contributed by atoms with van der Waals surface area (Å²) in [5.41, 5.74) is 3.31. The normalized spacial score (nSPS) is 21.7. The maximum atomic E-state index is 6.66. The second-order valence-electron chi connectivity index (χ2n) is 6.85. The number of aryl methyl sites for hydroxylation is 1. The maximum absolute atomic E-state index is 6.66. The van der Waals surface area contributed by atoms with E-state index in [0.717, 1.165) is 46.1 Å². The van der Waals surface area contributed by atoms with E-state index in [1.165, 1.54) is 17.1 Å². The molecule has 0 saturated carbocycles. The number of piperidine rings is 1. The van der Waals surface area contributed by atoms with Crippen LogP contribution in [0.1, 0.15) is 23.6 Å². The highest BCUT2D eigenvalue weighted by atomic mass is 35.5. The van der Waals surface area contributed by atoms with Gasteiger partial charge in [0, 0.05) is 17.0 Å². The van der Waals surface area contributed by atoms with E-state index in [4.69, 9.17) is 11.6 Å². The van der Waals surface area contributed by atoms with E-state index in [2.05, 4.69) is 46.2 Å². The minimum atomic E-state index is 0.400. The molecule has 130 valence electrons. The number of likely N-dealkylation sites (tertiary alicyclic amines) is 1. The van der Waals surface area contributed by atoms with Crippen molar-refractivity contribution in [2.75, 3.05) is 20.1 Å². The molecule has 0 amide bonds. The van der Waals surface area contributed by atoms with Crippen molar-refractivity contribution >= 4 is 34.0 Å². The van der Waals surface area contributed by atoms with Crippen molar-refractivity contribution in [2.24, 2.45) is 5.92 Å². The molecule has 1 fully saturated rings. The number of fused-ring (bicyclic) bond motifs is 1. The fourth-order valence-electron chi connectivity index (χ4n) is 3.75. The minimum absolute atomic E-state index is 0.400. The second-order valence-corrected chi connectivity index (χ2v) is 8.04. The number of hydrogen-bond acceptors (Lipinski definition) is 4. The van der Waals surface area contributed by atoms with E-state index in [0.29, 0.717) is 11.8 Å². The molecule has 0 radical (unpaired) electrons. The van der Waals surface area contributed by atoms with Gasteiger partial charge in [-0.05, 0) is 74.1 Å². The summed E-state index contributed by atoms with van der Waals surface area (Å²) in [5, 5.41) is 7.48. The lowest BCUT2D eigenvalue weighted by Crippen LogP contribution is -2.36. The van der Waals surface area contributed by atoms with Gasteiger partial charge in [-0.2, -0.15) is 9.47 Å². The Morgan fingerprint density at radius 2 is 2.20 bits per heavy atom. The lowest BCUT2D eigenvalue weighted by atomic mass is 9.80. The Balaban J connectivity index is 1.81. The first-order chi connectivity index (χ1) is 12.1.